The molecule has 0 aliphatic heterocycles. The lowest BCUT2D eigenvalue weighted by Crippen LogP contribution is -2.14. The van der Waals surface area contributed by atoms with E-state index in [0.717, 1.165) is 17.0 Å². The van der Waals surface area contributed by atoms with Crippen LogP contribution in [0.25, 0.3) is 5.78 Å². The summed E-state index contributed by atoms with van der Waals surface area (Å²) in [6.45, 7) is 4.10. The van der Waals surface area contributed by atoms with Crippen LogP contribution >= 0.6 is 0 Å². The third-order valence-electron chi connectivity index (χ3n) is 4.51. The quantitative estimate of drug-likeness (QED) is 0.638. The van der Waals surface area contributed by atoms with Crippen molar-refractivity contribution in [1.29, 1.82) is 0 Å². The molecule has 3 aromatic rings. The summed E-state index contributed by atoms with van der Waals surface area (Å²) in [4.78, 5) is 21.2. The van der Waals surface area contributed by atoms with Crippen LogP contribution in [-0.2, 0) is 17.8 Å². The molecule has 0 atom stereocenters. The highest BCUT2D eigenvalue weighted by Crippen LogP contribution is 2.26. The average molecular weight is 384 g/mol. The molecule has 3 N–H and O–H groups in total. The van der Waals surface area contributed by atoms with E-state index in [4.69, 9.17) is 15.2 Å². The Morgan fingerprint density at radius 1 is 1.14 bits per heavy atom. The van der Waals surface area contributed by atoms with E-state index in [1.807, 2.05) is 13.8 Å². The Labute approximate surface area is 162 Å². The van der Waals surface area contributed by atoms with Gasteiger partial charge < -0.3 is 20.5 Å². The minimum absolute atomic E-state index is 0.115. The first kappa shape index (κ1) is 19.6. The number of carbonyl (C=O) groups excluding carboxylic acids is 1. The number of nitrogens with two attached hydrogens (primary N) is 1. The third kappa shape index (κ3) is 4.04. The van der Waals surface area contributed by atoms with Crippen LogP contribution in [0.2, 0.25) is 0 Å². The Kier molecular flexibility index (Phi) is 5.74. The number of hydrogen-bond donors (Lipinski definition) is 2. The number of aromatic nitrogens is 4. The number of amides is 1. The van der Waals surface area contributed by atoms with Crippen molar-refractivity contribution in [2.45, 2.75) is 33.2 Å². The van der Waals surface area contributed by atoms with Crippen molar-refractivity contribution in [2.75, 3.05) is 19.5 Å². The van der Waals surface area contributed by atoms with Gasteiger partial charge in [-0.2, -0.15) is 4.98 Å². The highest BCUT2D eigenvalue weighted by Gasteiger charge is 2.14. The van der Waals surface area contributed by atoms with E-state index >= 15 is 0 Å². The van der Waals surface area contributed by atoms with E-state index in [1.165, 1.54) is 0 Å². The first-order valence-electron chi connectivity index (χ1n) is 8.90. The molecule has 0 fully saturated rings. The molecule has 0 aliphatic rings. The molecule has 0 saturated heterocycles. The number of ether oxygens (including phenoxy) is 2. The zero-order valence-corrected chi connectivity index (χ0v) is 16.4. The van der Waals surface area contributed by atoms with Gasteiger partial charge in [-0.3, -0.25) is 4.79 Å². The second-order valence-electron chi connectivity index (χ2n) is 6.35. The molecule has 0 unspecified atom stereocenters. The zero-order chi connectivity index (χ0) is 20.3. The molecule has 2 heterocycles. The molecule has 28 heavy (non-hydrogen) atoms. The minimum atomic E-state index is -0.115. The van der Waals surface area contributed by atoms with Crippen LogP contribution in [0.15, 0.2) is 18.2 Å². The van der Waals surface area contributed by atoms with E-state index in [-0.39, 0.29) is 12.5 Å². The van der Waals surface area contributed by atoms with E-state index in [2.05, 4.69) is 20.4 Å². The van der Waals surface area contributed by atoms with Gasteiger partial charge in [-0.25, -0.2) is 9.50 Å². The normalized spacial score (nSPS) is 10.9. The fraction of sp³-hybridized carbons (Fsp3) is 0.368. The fourth-order valence-electron chi connectivity index (χ4n) is 3.04. The highest BCUT2D eigenvalue weighted by molar-refractivity contribution is 5.91. The molecule has 0 bridgehead atoms. The Balaban J connectivity index is 1.74. The van der Waals surface area contributed by atoms with Gasteiger partial charge in [0.1, 0.15) is 11.5 Å². The van der Waals surface area contributed by atoms with Crippen molar-refractivity contribution in [3.8, 4) is 11.5 Å². The predicted molar refractivity (Wildman–Crippen MR) is 105 cm³/mol. The lowest BCUT2D eigenvalue weighted by atomic mass is 10.1. The smallest absolute Gasteiger partial charge is 0.252 e. The average Bonchev–Trinajstić information content (AvgIpc) is 3.10. The summed E-state index contributed by atoms with van der Waals surface area (Å²) < 4.78 is 12.1. The van der Waals surface area contributed by atoms with Crippen molar-refractivity contribution < 1.29 is 14.3 Å². The fourth-order valence-corrected chi connectivity index (χ4v) is 3.04. The van der Waals surface area contributed by atoms with Gasteiger partial charge in [0, 0.05) is 41.7 Å². The van der Waals surface area contributed by atoms with Crippen molar-refractivity contribution >= 4 is 17.4 Å². The van der Waals surface area contributed by atoms with Gasteiger partial charge in [0.2, 0.25) is 5.91 Å². The van der Waals surface area contributed by atoms with Gasteiger partial charge in [0.15, 0.2) is 5.82 Å². The molecule has 0 radical (unpaired) electrons. The first-order valence-corrected chi connectivity index (χ1v) is 8.90. The molecular weight excluding hydrogens is 360 g/mol. The molecule has 0 spiro atoms. The zero-order valence-electron chi connectivity index (χ0n) is 16.4. The van der Waals surface area contributed by atoms with Gasteiger partial charge in [0.25, 0.3) is 5.78 Å². The first-order chi connectivity index (χ1) is 13.4. The lowest BCUT2D eigenvalue weighted by Gasteiger charge is -2.12. The number of fused-ring (bicyclic) bond motifs is 1. The Hall–Kier alpha value is -3.20. The van der Waals surface area contributed by atoms with Crippen LogP contribution < -0.4 is 20.5 Å². The van der Waals surface area contributed by atoms with Crippen LogP contribution in [0, 0.1) is 13.8 Å². The number of nitrogens with zero attached hydrogens (tertiary/aromatic N) is 4. The number of carbonyl (C=O) groups is 1. The second-order valence-corrected chi connectivity index (χ2v) is 6.35. The molecule has 1 amide bonds. The monoisotopic (exact) mass is 384 g/mol. The van der Waals surface area contributed by atoms with E-state index in [0.29, 0.717) is 41.6 Å². The Morgan fingerprint density at radius 2 is 1.82 bits per heavy atom. The number of aryl methyl sites for hydroxylation is 2. The molecule has 9 nitrogen and oxygen atoms in total. The largest absolute Gasteiger partial charge is 0.497 e. The van der Waals surface area contributed by atoms with E-state index in [1.54, 1.807) is 36.9 Å². The molecular formula is C19H24N6O3. The number of hydrogen-bond acceptors (Lipinski definition) is 7. The minimum Gasteiger partial charge on any atom is -0.497 e. The molecule has 0 aliphatic carbocycles. The summed E-state index contributed by atoms with van der Waals surface area (Å²) in [5.74, 6) is 2.16. The summed E-state index contributed by atoms with van der Waals surface area (Å²) in [6, 6.07) is 5.24. The Bertz CT molecular complexity index is 992. The molecule has 1 aromatic carbocycles. The van der Waals surface area contributed by atoms with Crippen LogP contribution in [-0.4, -0.2) is 39.7 Å². The number of benzene rings is 1. The maximum Gasteiger partial charge on any atom is 0.252 e. The van der Waals surface area contributed by atoms with Gasteiger partial charge in [-0.05, 0) is 25.8 Å². The summed E-state index contributed by atoms with van der Waals surface area (Å²) in [5, 5.41) is 7.24. The molecule has 2 aromatic heterocycles. The lowest BCUT2D eigenvalue weighted by molar-refractivity contribution is -0.116. The van der Waals surface area contributed by atoms with Gasteiger partial charge >= 0.3 is 0 Å². The Morgan fingerprint density at radius 3 is 2.43 bits per heavy atom. The molecule has 9 heteroatoms. The SMILES string of the molecule is COc1cc(NC(=O)CCc2c(C)nc3nc(CN)nn3c2C)cc(OC)c1. The molecule has 0 saturated carbocycles. The van der Waals surface area contributed by atoms with Crippen molar-refractivity contribution in [1.82, 2.24) is 19.6 Å². The number of rotatable bonds is 7. The number of nitrogens with one attached hydrogen (secondary N) is 1. The van der Waals surface area contributed by atoms with Crippen LogP contribution in [0.1, 0.15) is 29.2 Å². The van der Waals surface area contributed by atoms with Crippen molar-refractivity contribution in [3.05, 3.63) is 41.0 Å². The molecule has 148 valence electrons. The van der Waals surface area contributed by atoms with E-state index in [9.17, 15) is 4.79 Å². The highest BCUT2D eigenvalue weighted by atomic mass is 16.5. The second kappa shape index (κ2) is 8.22. The third-order valence-corrected chi connectivity index (χ3v) is 4.51. The predicted octanol–water partition coefficient (Wildman–Crippen LogP) is 1.79. The summed E-state index contributed by atoms with van der Waals surface area (Å²) >= 11 is 0. The maximum atomic E-state index is 12.5. The summed E-state index contributed by atoms with van der Waals surface area (Å²) in [6.07, 6.45) is 0.832. The number of anilines is 1. The van der Waals surface area contributed by atoms with Crippen LogP contribution in [0.3, 0.4) is 0 Å². The topological polar surface area (TPSA) is 117 Å². The summed E-state index contributed by atoms with van der Waals surface area (Å²) in [5.41, 5.74) is 8.94. The molecule has 3 rings (SSSR count). The van der Waals surface area contributed by atoms with Gasteiger partial charge in [-0.15, -0.1) is 5.10 Å². The standard InChI is InChI=1S/C19H24N6O3/c1-11-16(12(2)25-19(21-11)23-17(10-20)24-25)5-6-18(26)22-13-7-14(27-3)9-15(8-13)28-4/h7-9H,5-6,10,20H2,1-4H3,(H,22,26). The van der Waals surface area contributed by atoms with E-state index < -0.39 is 0 Å². The van der Waals surface area contributed by atoms with Gasteiger partial charge in [-0.1, -0.05) is 0 Å². The number of methoxy groups -OCH3 is 2. The van der Waals surface area contributed by atoms with Crippen LogP contribution in [0.4, 0.5) is 5.69 Å². The van der Waals surface area contributed by atoms with Crippen LogP contribution in [0.5, 0.6) is 11.5 Å². The summed E-state index contributed by atoms with van der Waals surface area (Å²) in [7, 11) is 3.13. The maximum absolute atomic E-state index is 12.5. The van der Waals surface area contributed by atoms with Crippen molar-refractivity contribution in [3.63, 3.8) is 0 Å². The van der Waals surface area contributed by atoms with Crippen molar-refractivity contribution in [2.24, 2.45) is 5.73 Å². The van der Waals surface area contributed by atoms with Gasteiger partial charge in [0.05, 0.1) is 20.8 Å².